The summed E-state index contributed by atoms with van der Waals surface area (Å²) in [5, 5.41) is 0. The van der Waals surface area contributed by atoms with Gasteiger partial charge in [-0.05, 0) is 24.6 Å². The molecule has 0 spiro atoms. The summed E-state index contributed by atoms with van der Waals surface area (Å²) in [7, 11) is 3.38. The zero-order chi connectivity index (χ0) is 17.6. The van der Waals surface area contributed by atoms with Crippen molar-refractivity contribution in [3.63, 3.8) is 0 Å². The average molecular weight is 341 g/mol. The molecule has 0 aliphatic heterocycles. The summed E-state index contributed by atoms with van der Waals surface area (Å²) in [6.07, 6.45) is 7.26. The van der Waals surface area contributed by atoms with Gasteiger partial charge in [0.05, 0.1) is 24.9 Å². The number of fused-ring (bicyclic) bond motifs is 1. The number of aromatic nitrogens is 4. The minimum atomic E-state index is -0.0535. The van der Waals surface area contributed by atoms with Crippen LogP contribution in [0.25, 0.3) is 5.78 Å². The van der Waals surface area contributed by atoms with E-state index in [1.807, 2.05) is 35.9 Å². The predicted octanol–water partition coefficient (Wildman–Crippen LogP) is 2.10. The molecule has 3 aromatic rings. The average Bonchev–Trinajstić information content (AvgIpc) is 3.11. The molecule has 25 heavy (non-hydrogen) atoms. The minimum Gasteiger partial charge on any atom is -0.382 e. The molecule has 0 aliphatic rings. The Bertz CT molecular complexity index is 803. The van der Waals surface area contributed by atoms with Crippen molar-refractivity contribution in [3.05, 3.63) is 54.2 Å². The quantitative estimate of drug-likeness (QED) is 0.625. The lowest BCUT2D eigenvalue weighted by Gasteiger charge is -2.28. The van der Waals surface area contributed by atoms with Crippen molar-refractivity contribution in [2.75, 3.05) is 32.3 Å². The van der Waals surface area contributed by atoms with E-state index in [1.54, 1.807) is 26.6 Å². The van der Waals surface area contributed by atoms with Crippen molar-refractivity contribution in [2.24, 2.45) is 0 Å². The number of rotatable bonds is 8. The molecule has 0 N–H and O–H groups in total. The lowest BCUT2D eigenvalue weighted by Crippen LogP contribution is -2.36. The van der Waals surface area contributed by atoms with Gasteiger partial charge in [0.1, 0.15) is 5.82 Å². The van der Waals surface area contributed by atoms with Gasteiger partial charge in [-0.3, -0.25) is 9.38 Å². The first-order chi connectivity index (χ1) is 12.2. The Morgan fingerprint density at radius 3 is 2.68 bits per heavy atom. The highest BCUT2D eigenvalue weighted by atomic mass is 16.5. The first-order valence-corrected chi connectivity index (χ1v) is 8.17. The van der Waals surface area contributed by atoms with Crippen LogP contribution >= 0.6 is 0 Å². The molecule has 3 rings (SSSR count). The lowest BCUT2D eigenvalue weighted by atomic mass is 10.2. The zero-order valence-corrected chi connectivity index (χ0v) is 14.8. The summed E-state index contributed by atoms with van der Waals surface area (Å²) in [5.41, 5.74) is 2.13. The normalized spacial score (nSPS) is 12.4. The molecule has 1 atom stereocenters. The van der Waals surface area contributed by atoms with Gasteiger partial charge < -0.3 is 14.4 Å². The van der Waals surface area contributed by atoms with Crippen molar-refractivity contribution >= 4 is 11.6 Å². The molecule has 0 saturated heterocycles. The lowest BCUT2D eigenvalue weighted by molar-refractivity contribution is 0.0325. The molecule has 0 fully saturated rings. The molecule has 0 amide bonds. The Morgan fingerprint density at radius 2 is 1.96 bits per heavy atom. The van der Waals surface area contributed by atoms with E-state index >= 15 is 0 Å². The number of methoxy groups -OCH3 is 2. The first-order valence-electron chi connectivity index (χ1n) is 8.17. The van der Waals surface area contributed by atoms with Gasteiger partial charge in [-0.1, -0.05) is 6.07 Å². The number of hydrogen-bond donors (Lipinski definition) is 0. The third kappa shape index (κ3) is 4.12. The first kappa shape index (κ1) is 17.3. The molecule has 3 aromatic heterocycles. The maximum absolute atomic E-state index is 5.57. The summed E-state index contributed by atoms with van der Waals surface area (Å²) in [6, 6.07) is 6.10. The molecule has 0 bridgehead atoms. The Kier molecular flexibility index (Phi) is 5.57. The molecule has 0 saturated carbocycles. The monoisotopic (exact) mass is 341 g/mol. The Morgan fingerprint density at radius 1 is 1.12 bits per heavy atom. The van der Waals surface area contributed by atoms with Crippen LogP contribution in [0.15, 0.2) is 43.0 Å². The predicted molar refractivity (Wildman–Crippen MR) is 95.7 cm³/mol. The molecule has 0 aromatic carbocycles. The summed E-state index contributed by atoms with van der Waals surface area (Å²) >= 11 is 0. The van der Waals surface area contributed by atoms with Gasteiger partial charge in [-0.2, -0.15) is 0 Å². The molecular weight excluding hydrogens is 318 g/mol. The van der Waals surface area contributed by atoms with Crippen LogP contribution in [0.5, 0.6) is 0 Å². The van der Waals surface area contributed by atoms with Crippen molar-refractivity contribution in [1.29, 1.82) is 0 Å². The molecule has 132 valence electrons. The van der Waals surface area contributed by atoms with Crippen LogP contribution in [0.4, 0.5) is 5.82 Å². The van der Waals surface area contributed by atoms with Crippen molar-refractivity contribution in [3.8, 4) is 0 Å². The van der Waals surface area contributed by atoms with E-state index < -0.39 is 0 Å². The maximum Gasteiger partial charge on any atom is 0.235 e. The van der Waals surface area contributed by atoms with Crippen LogP contribution in [-0.4, -0.2) is 52.8 Å². The van der Waals surface area contributed by atoms with Crippen LogP contribution in [0, 0.1) is 6.92 Å². The van der Waals surface area contributed by atoms with Gasteiger partial charge in [0.25, 0.3) is 0 Å². The number of anilines is 1. The van der Waals surface area contributed by atoms with Crippen LogP contribution in [-0.2, 0) is 16.0 Å². The smallest absolute Gasteiger partial charge is 0.235 e. The summed E-state index contributed by atoms with van der Waals surface area (Å²) < 4.78 is 12.8. The summed E-state index contributed by atoms with van der Waals surface area (Å²) in [5.74, 6) is 1.66. The second-order valence-corrected chi connectivity index (χ2v) is 5.92. The number of hydrogen-bond acceptors (Lipinski definition) is 6. The second kappa shape index (κ2) is 8.04. The zero-order valence-electron chi connectivity index (χ0n) is 14.8. The Hall–Kier alpha value is -2.51. The van der Waals surface area contributed by atoms with E-state index in [4.69, 9.17) is 9.47 Å². The van der Waals surface area contributed by atoms with E-state index in [0.29, 0.717) is 25.5 Å². The van der Waals surface area contributed by atoms with Gasteiger partial charge in [0.15, 0.2) is 0 Å². The highest BCUT2D eigenvalue weighted by Gasteiger charge is 2.18. The van der Waals surface area contributed by atoms with E-state index in [0.717, 1.165) is 17.1 Å². The fraction of sp³-hybridized carbons (Fsp3) is 0.389. The topological polar surface area (TPSA) is 64.8 Å². The number of aryl methyl sites for hydroxylation is 1. The number of pyridine rings is 1. The van der Waals surface area contributed by atoms with E-state index in [1.165, 1.54) is 0 Å². The third-order valence-electron chi connectivity index (χ3n) is 4.04. The molecular formula is C18H23N5O2. The fourth-order valence-corrected chi connectivity index (χ4v) is 2.73. The Labute approximate surface area is 147 Å². The second-order valence-electron chi connectivity index (χ2n) is 5.92. The van der Waals surface area contributed by atoms with Crippen LogP contribution in [0.1, 0.15) is 11.3 Å². The fourth-order valence-electron chi connectivity index (χ4n) is 2.73. The van der Waals surface area contributed by atoms with Gasteiger partial charge in [0, 0.05) is 45.6 Å². The number of nitrogens with zero attached hydrogens (tertiary/aromatic N) is 5. The molecule has 1 unspecified atom stereocenters. The van der Waals surface area contributed by atoms with Gasteiger partial charge >= 0.3 is 0 Å². The third-order valence-corrected chi connectivity index (χ3v) is 4.04. The van der Waals surface area contributed by atoms with Crippen LogP contribution in [0.3, 0.4) is 0 Å². The van der Waals surface area contributed by atoms with Gasteiger partial charge in [0.2, 0.25) is 5.78 Å². The van der Waals surface area contributed by atoms with Gasteiger partial charge in [-0.15, -0.1) is 0 Å². The number of imidazole rings is 1. The molecule has 7 heteroatoms. The molecule has 0 aliphatic carbocycles. The van der Waals surface area contributed by atoms with E-state index in [-0.39, 0.29) is 6.10 Å². The molecule has 0 radical (unpaired) electrons. The van der Waals surface area contributed by atoms with Crippen molar-refractivity contribution < 1.29 is 9.47 Å². The van der Waals surface area contributed by atoms with E-state index in [2.05, 4.69) is 25.9 Å². The number of ether oxygens (including phenoxy) is 2. The van der Waals surface area contributed by atoms with Crippen molar-refractivity contribution in [2.45, 2.75) is 19.6 Å². The highest BCUT2D eigenvalue weighted by Crippen LogP contribution is 2.18. The molecule has 3 heterocycles. The van der Waals surface area contributed by atoms with Crippen LogP contribution in [0.2, 0.25) is 0 Å². The SMILES string of the molecule is COCC(CN(Cc1ccc(C)cn1)c1ccnc2nccn12)OC. The highest BCUT2D eigenvalue weighted by molar-refractivity contribution is 5.47. The van der Waals surface area contributed by atoms with Gasteiger partial charge in [-0.25, -0.2) is 9.97 Å². The summed E-state index contributed by atoms with van der Waals surface area (Å²) in [4.78, 5) is 15.3. The van der Waals surface area contributed by atoms with Crippen molar-refractivity contribution in [1.82, 2.24) is 19.4 Å². The molecule has 7 nitrogen and oxygen atoms in total. The van der Waals surface area contributed by atoms with Crippen LogP contribution < -0.4 is 4.90 Å². The van der Waals surface area contributed by atoms with E-state index in [9.17, 15) is 0 Å². The summed E-state index contributed by atoms with van der Waals surface area (Å²) in [6.45, 7) is 3.87. The largest absolute Gasteiger partial charge is 0.382 e. The Balaban J connectivity index is 1.93. The minimum absolute atomic E-state index is 0.0535. The standard InChI is InChI=1S/C18H23N5O2/c1-14-4-5-15(21-10-14)11-22(12-16(25-3)13-24-2)17-6-7-19-18-20-8-9-23(17)18/h4-10,16H,11-13H2,1-3H3. The maximum atomic E-state index is 5.57.